The van der Waals surface area contributed by atoms with Crippen LogP contribution < -0.4 is 4.74 Å². The molecule has 0 radical (unpaired) electrons. The van der Waals surface area contributed by atoms with E-state index in [-0.39, 0.29) is 12.1 Å². The van der Waals surface area contributed by atoms with Gasteiger partial charge in [-0.15, -0.1) is 0 Å². The zero-order valence-corrected chi connectivity index (χ0v) is 10.4. The number of hydrogen-bond acceptors (Lipinski definition) is 2. The lowest BCUT2D eigenvalue weighted by Crippen LogP contribution is -2.47. The quantitative estimate of drug-likeness (QED) is 0.744. The lowest BCUT2D eigenvalue weighted by Gasteiger charge is -2.36. The van der Waals surface area contributed by atoms with Crippen LogP contribution in [0.5, 0.6) is 5.75 Å². The molecule has 1 amide bonds. The molecule has 0 spiro atoms. The molecular formula is C14H19NO2. The maximum absolute atomic E-state index is 12.0. The van der Waals surface area contributed by atoms with Crippen LogP contribution in [0, 0.1) is 5.92 Å². The Morgan fingerprint density at radius 2 is 2.00 bits per heavy atom. The van der Waals surface area contributed by atoms with Crippen molar-refractivity contribution < 1.29 is 9.53 Å². The van der Waals surface area contributed by atoms with Crippen LogP contribution >= 0.6 is 0 Å². The van der Waals surface area contributed by atoms with Gasteiger partial charge >= 0.3 is 6.09 Å². The van der Waals surface area contributed by atoms with E-state index < -0.39 is 0 Å². The van der Waals surface area contributed by atoms with Gasteiger partial charge in [-0.1, -0.05) is 25.1 Å². The highest BCUT2D eigenvalue weighted by atomic mass is 16.6. The maximum Gasteiger partial charge on any atom is 0.415 e. The first-order valence-electron chi connectivity index (χ1n) is 6.22. The van der Waals surface area contributed by atoms with Crippen molar-refractivity contribution in [1.29, 1.82) is 0 Å². The minimum atomic E-state index is -0.227. The molecule has 2 unspecified atom stereocenters. The van der Waals surface area contributed by atoms with Crippen molar-refractivity contribution in [3.8, 4) is 5.75 Å². The normalized spacial score (nSPS) is 24.5. The molecule has 1 aliphatic heterocycles. The van der Waals surface area contributed by atoms with Crippen molar-refractivity contribution in [2.75, 3.05) is 6.54 Å². The number of benzene rings is 1. The van der Waals surface area contributed by atoms with E-state index in [1.165, 1.54) is 6.42 Å². The summed E-state index contributed by atoms with van der Waals surface area (Å²) in [5.74, 6) is 1.16. The molecule has 0 aliphatic carbocycles. The molecule has 0 N–H and O–H groups in total. The molecule has 2 rings (SSSR count). The third-order valence-electron chi connectivity index (χ3n) is 3.56. The van der Waals surface area contributed by atoms with Gasteiger partial charge in [0, 0.05) is 12.6 Å². The van der Waals surface area contributed by atoms with E-state index in [2.05, 4.69) is 13.8 Å². The van der Waals surface area contributed by atoms with Crippen LogP contribution in [0.25, 0.3) is 0 Å². The Bertz CT molecular complexity index is 377. The summed E-state index contributed by atoms with van der Waals surface area (Å²) in [6.07, 6.45) is 2.03. The fraction of sp³-hybridized carbons (Fsp3) is 0.500. The molecule has 1 aliphatic rings. The van der Waals surface area contributed by atoms with Gasteiger partial charge < -0.3 is 9.64 Å². The zero-order chi connectivity index (χ0) is 12.3. The highest BCUT2D eigenvalue weighted by Gasteiger charge is 2.29. The molecule has 3 heteroatoms. The standard InChI is InChI=1S/C14H19NO2/c1-11-7-6-10-15(12(11)2)14(16)17-13-8-4-3-5-9-13/h3-5,8-9,11-12H,6-7,10H2,1-2H3. The summed E-state index contributed by atoms with van der Waals surface area (Å²) in [5, 5.41) is 0. The Kier molecular flexibility index (Phi) is 3.67. The molecule has 0 saturated carbocycles. The van der Waals surface area contributed by atoms with Gasteiger partial charge in [-0.25, -0.2) is 4.79 Å². The zero-order valence-electron chi connectivity index (χ0n) is 10.4. The van der Waals surface area contributed by atoms with Crippen LogP contribution in [0.4, 0.5) is 4.79 Å². The Labute approximate surface area is 102 Å². The summed E-state index contributed by atoms with van der Waals surface area (Å²) < 4.78 is 5.36. The van der Waals surface area contributed by atoms with Gasteiger partial charge in [0.05, 0.1) is 0 Å². The van der Waals surface area contributed by atoms with Crippen molar-refractivity contribution in [2.45, 2.75) is 32.7 Å². The van der Waals surface area contributed by atoms with E-state index in [1.807, 2.05) is 23.1 Å². The average molecular weight is 233 g/mol. The van der Waals surface area contributed by atoms with Crippen molar-refractivity contribution in [1.82, 2.24) is 4.90 Å². The second-order valence-corrected chi connectivity index (χ2v) is 4.73. The third-order valence-corrected chi connectivity index (χ3v) is 3.56. The van der Waals surface area contributed by atoms with Gasteiger partial charge in [-0.05, 0) is 37.8 Å². The smallest absolute Gasteiger partial charge is 0.410 e. The Hall–Kier alpha value is -1.51. The van der Waals surface area contributed by atoms with Crippen LogP contribution in [0.1, 0.15) is 26.7 Å². The van der Waals surface area contributed by atoms with Crippen LogP contribution in [-0.4, -0.2) is 23.6 Å². The second kappa shape index (κ2) is 5.21. The maximum atomic E-state index is 12.0. The number of carbonyl (C=O) groups is 1. The SMILES string of the molecule is CC1CCCN(C(=O)Oc2ccccc2)C1C. The van der Waals surface area contributed by atoms with Crippen molar-refractivity contribution in [3.63, 3.8) is 0 Å². The first-order chi connectivity index (χ1) is 8.18. The number of ether oxygens (including phenoxy) is 1. The number of hydrogen-bond donors (Lipinski definition) is 0. The molecule has 0 aromatic heterocycles. The molecule has 1 heterocycles. The van der Waals surface area contributed by atoms with E-state index in [9.17, 15) is 4.79 Å². The summed E-state index contributed by atoms with van der Waals surface area (Å²) in [6, 6.07) is 9.50. The highest BCUT2D eigenvalue weighted by Crippen LogP contribution is 2.24. The molecule has 0 bridgehead atoms. The van der Waals surface area contributed by atoms with Crippen molar-refractivity contribution in [3.05, 3.63) is 30.3 Å². The minimum Gasteiger partial charge on any atom is -0.410 e. The first-order valence-corrected chi connectivity index (χ1v) is 6.22. The number of likely N-dealkylation sites (tertiary alicyclic amines) is 1. The second-order valence-electron chi connectivity index (χ2n) is 4.73. The van der Waals surface area contributed by atoms with Gasteiger partial charge in [0.2, 0.25) is 0 Å². The Balaban J connectivity index is 2.00. The summed E-state index contributed by atoms with van der Waals surface area (Å²) in [6.45, 7) is 5.08. The van der Waals surface area contributed by atoms with Crippen molar-refractivity contribution in [2.24, 2.45) is 5.92 Å². The predicted octanol–water partition coefficient (Wildman–Crippen LogP) is 3.31. The Morgan fingerprint density at radius 1 is 1.29 bits per heavy atom. The molecular weight excluding hydrogens is 214 g/mol. The van der Waals surface area contributed by atoms with Gasteiger partial charge in [0.15, 0.2) is 0 Å². The summed E-state index contributed by atoms with van der Waals surface area (Å²) in [5.41, 5.74) is 0. The minimum absolute atomic E-state index is 0.227. The number of piperidine rings is 1. The Morgan fingerprint density at radius 3 is 2.71 bits per heavy atom. The van der Waals surface area contributed by atoms with Crippen LogP contribution in [0.3, 0.4) is 0 Å². The number of para-hydroxylation sites is 1. The highest BCUT2D eigenvalue weighted by molar-refractivity contribution is 5.71. The van der Waals surface area contributed by atoms with E-state index >= 15 is 0 Å². The van der Waals surface area contributed by atoms with Gasteiger partial charge in [0.25, 0.3) is 0 Å². The van der Waals surface area contributed by atoms with Crippen molar-refractivity contribution >= 4 is 6.09 Å². The molecule has 1 aromatic rings. The third kappa shape index (κ3) is 2.78. The number of nitrogens with zero attached hydrogens (tertiary/aromatic N) is 1. The average Bonchev–Trinajstić information content (AvgIpc) is 2.34. The molecule has 3 nitrogen and oxygen atoms in total. The first kappa shape index (κ1) is 12.0. The molecule has 2 atom stereocenters. The summed E-state index contributed by atoms with van der Waals surface area (Å²) >= 11 is 0. The van der Waals surface area contributed by atoms with E-state index in [0.29, 0.717) is 11.7 Å². The lowest BCUT2D eigenvalue weighted by atomic mass is 9.92. The predicted molar refractivity (Wildman–Crippen MR) is 67.0 cm³/mol. The van der Waals surface area contributed by atoms with Gasteiger partial charge in [0.1, 0.15) is 5.75 Å². The molecule has 1 saturated heterocycles. The fourth-order valence-electron chi connectivity index (χ4n) is 2.24. The lowest BCUT2D eigenvalue weighted by molar-refractivity contribution is 0.0961. The monoisotopic (exact) mass is 233 g/mol. The fourth-order valence-corrected chi connectivity index (χ4v) is 2.24. The molecule has 1 fully saturated rings. The largest absolute Gasteiger partial charge is 0.415 e. The summed E-state index contributed by atoms with van der Waals surface area (Å²) in [7, 11) is 0. The van der Waals surface area contributed by atoms with E-state index in [4.69, 9.17) is 4.74 Å². The number of amides is 1. The van der Waals surface area contributed by atoms with Crippen LogP contribution in [0.2, 0.25) is 0 Å². The van der Waals surface area contributed by atoms with Crippen LogP contribution in [0.15, 0.2) is 30.3 Å². The van der Waals surface area contributed by atoms with Gasteiger partial charge in [-0.3, -0.25) is 0 Å². The van der Waals surface area contributed by atoms with E-state index in [0.717, 1.165) is 13.0 Å². The number of rotatable bonds is 1. The topological polar surface area (TPSA) is 29.5 Å². The van der Waals surface area contributed by atoms with E-state index in [1.54, 1.807) is 12.1 Å². The van der Waals surface area contributed by atoms with Gasteiger partial charge in [-0.2, -0.15) is 0 Å². The number of carbonyl (C=O) groups excluding carboxylic acids is 1. The molecule has 1 aromatic carbocycles. The summed E-state index contributed by atoms with van der Waals surface area (Å²) in [4.78, 5) is 13.9. The molecule has 17 heavy (non-hydrogen) atoms. The van der Waals surface area contributed by atoms with Crippen LogP contribution in [-0.2, 0) is 0 Å². The molecule has 92 valence electrons.